The van der Waals surface area contributed by atoms with Crippen molar-refractivity contribution in [1.29, 1.82) is 0 Å². The summed E-state index contributed by atoms with van der Waals surface area (Å²) in [7, 11) is 0. The zero-order chi connectivity index (χ0) is 16.9. The van der Waals surface area contributed by atoms with Crippen molar-refractivity contribution in [2.45, 2.75) is 19.3 Å². The fourth-order valence-corrected chi connectivity index (χ4v) is 3.11. The highest BCUT2D eigenvalue weighted by Crippen LogP contribution is 2.26. The van der Waals surface area contributed by atoms with Crippen LogP contribution >= 0.6 is 0 Å². The van der Waals surface area contributed by atoms with Crippen LogP contribution in [0.3, 0.4) is 0 Å². The van der Waals surface area contributed by atoms with E-state index in [-0.39, 0.29) is 11.6 Å². The van der Waals surface area contributed by atoms with E-state index >= 15 is 0 Å². The van der Waals surface area contributed by atoms with Crippen molar-refractivity contribution in [2.75, 3.05) is 44.3 Å². The van der Waals surface area contributed by atoms with E-state index in [1.165, 1.54) is 18.6 Å². The number of hydrogen-bond acceptors (Lipinski definition) is 6. The highest BCUT2D eigenvalue weighted by molar-refractivity contribution is 6.00. The molecule has 0 aromatic heterocycles. The number of amides is 1. The molecule has 8 heteroatoms. The van der Waals surface area contributed by atoms with Crippen LogP contribution in [0.4, 0.5) is 11.4 Å². The molecule has 0 atom stereocenters. The number of carbonyl (C=O) groups excluding carboxylic acids is 1. The maximum absolute atomic E-state index is 12.7. The van der Waals surface area contributed by atoms with Crippen molar-refractivity contribution in [3.8, 4) is 0 Å². The van der Waals surface area contributed by atoms with Gasteiger partial charge in [-0.1, -0.05) is 6.42 Å². The minimum absolute atomic E-state index is 0.0733. The molecule has 1 amide bonds. The van der Waals surface area contributed by atoms with Crippen LogP contribution in [0.15, 0.2) is 18.2 Å². The predicted octanol–water partition coefficient (Wildman–Crippen LogP) is 1.56. The number of hydrazine groups is 1. The third-order valence-electron chi connectivity index (χ3n) is 4.40. The first-order valence-corrected chi connectivity index (χ1v) is 8.32. The number of non-ortho nitro benzene ring substituents is 1. The van der Waals surface area contributed by atoms with Crippen LogP contribution in [0.5, 0.6) is 0 Å². The van der Waals surface area contributed by atoms with E-state index in [0.717, 1.165) is 31.6 Å². The topological polar surface area (TPSA) is 88.0 Å². The number of ether oxygens (including phenoxy) is 1. The summed E-state index contributed by atoms with van der Waals surface area (Å²) in [4.78, 5) is 25.4. The summed E-state index contributed by atoms with van der Waals surface area (Å²) in [5.74, 6) is -0.290. The molecular formula is C16H22N4O4. The lowest BCUT2D eigenvalue weighted by molar-refractivity contribution is -0.384. The monoisotopic (exact) mass is 334 g/mol. The van der Waals surface area contributed by atoms with Gasteiger partial charge in [-0.05, 0) is 18.9 Å². The molecule has 3 rings (SSSR count). The van der Waals surface area contributed by atoms with Gasteiger partial charge >= 0.3 is 0 Å². The van der Waals surface area contributed by atoms with Crippen LogP contribution in [0.1, 0.15) is 29.6 Å². The van der Waals surface area contributed by atoms with E-state index in [0.29, 0.717) is 31.9 Å². The first-order valence-electron chi connectivity index (χ1n) is 8.32. The van der Waals surface area contributed by atoms with Crippen LogP contribution in [-0.4, -0.2) is 55.2 Å². The Bertz CT molecular complexity index is 610. The van der Waals surface area contributed by atoms with Gasteiger partial charge in [-0.2, -0.15) is 0 Å². The fraction of sp³-hybridized carbons (Fsp3) is 0.562. The predicted molar refractivity (Wildman–Crippen MR) is 89.0 cm³/mol. The molecule has 0 saturated carbocycles. The Morgan fingerprint density at radius 1 is 1.12 bits per heavy atom. The average molecular weight is 334 g/mol. The summed E-state index contributed by atoms with van der Waals surface area (Å²) in [5.41, 5.74) is 3.89. The highest BCUT2D eigenvalue weighted by atomic mass is 16.6. The summed E-state index contributed by atoms with van der Waals surface area (Å²) in [6, 6.07) is 4.47. The smallest absolute Gasteiger partial charge is 0.270 e. The Morgan fingerprint density at radius 2 is 1.83 bits per heavy atom. The number of anilines is 1. The van der Waals surface area contributed by atoms with Gasteiger partial charge in [0.05, 0.1) is 29.4 Å². The van der Waals surface area contributed by atoms with Crippen molar-refractivity contribution in [1.82, 2.24) is 10.4 Å². The molecule has 1 aromatic carbocycles. The van der Waals surface area contributed by atoms with E-state index in [1.54, 1.807) is 6.07 Å². The highest BCUT2D eigenvalue weighted by Gasteiger charge is 2.23. The van der Waals surface area contributed by atoms with Crippen molar-refractivity contribution in [3.05, 3.63) is 33.9 Å². The number of nitrogens with zero attached hydrogens (tertiary/aromatic N) is 3. The number of nitro benzene ring substituents is 1. The third kappa shape index (κ3) is 3.82. The second-order valence-corrected chi connectivity index (χ2v) is 6.05. The Morgan fingerprint density at radius 3 is 2.50 bits per heavy atom. The van der Waals surface area contributed by atoms with E-state index in [4.69, 9.17) is 4.74 Å². The van der Waals surface area contributed by atoms with Gasteiger partial charge in [-0.3, -0.25) is 20.3 Å². The number of piperidine rings is 1. The van der Waals surface area contributed by atoms with Gasteiger partial charge < -0.3 is 9.64 Å². The van der Waals surface area contributed by atoms with Gasteiger partial charge in [0.2, 0.25) is 0 Å². The van der Waals surface area contributed by atoms with Crippen molar-refractivity contribution in [3.63, 3.8) is 0 Å². The summed E-state index contributed by atoms with van der Waals surface area (Å²) in [6.07, 6.45) is 3.26. The van der Waals surface area contributed by atoms with Crippen LogP contribution in [0.25, 0.3) is 0 Å². The Balaban J connectivity index is 1.85. The molecular weight excluding hydrogens is 312 g/mol. The molecule has 2 aliphatic heterocycles. The standard InChI is InChI=1S/C16H22N4O4/c21-16(17-19-6-2-1-3-7-19)14-12-13(20(22)23)4-5-15(14)18-8-10-24-11-9-18/h4-5,12H,1-3,6-11H2,(H,17,21). The molecule has 2 aliphatic rings. The van der Waals surface area contributed by atoms with Crippen molar-refractivity contribution in [2.24, 2.45) is 0 Å². The van der Waals surface area contributed by atoms with E-state index in [1.807, 2.05) is 9.91 Å². The number of nitrogens with one attached hydrogen (secondary N) is 1. The van der Waals surface area contributed by atoms with Gasteiger partial charge in [0.1, 0.15) is 0 Å². The molecule has 8 nitrogen and oxygen atoms in total. The minimum atomic E-state index is -0.471. The quantitative estimate of drug-likeness (QED) is 0.664. The second-order valence-electron chi connectivity index (χ2n) is 6.05. The molecule has 0 spiro atoms. The van der Waals surface area contributed by atoms with E-state index in [9.17, 15) is 14.9 Å². The zero-order valence-electron chi connectivity index (χ0n) is 13.6. The molecule has 24 heavy (non-hydrogen) atoms. The molecule has 0 bridgehead atoms. The molecule has 0 aliphatic carbocycles. The second kappa shape index (κ2) is 7.59. The fourth-order valence-electron chi connectivity index (χ4n) is 3.11. The molecule has 0 unspecified atom stereocenters. The largest absolute Gasteiger partial charge is 0.378 e. The lowest BCUT2D eigenvalue weighted by Gasteiger charge is -2.31. The first-order chi connectivity index (χ1) is 11.6. The summed E-state index contributed by atoms with van der Waals surface area (Å²) in [6.45, 7) is 4.14. The summed E-state index contributed by atoms with van der Waals surface area (Å²) < 4.78 is 5.35. The van der Waals surface area contributed by atoms with Crippen molar-refractivity contribution >= 4 is 17.3 Å². The van der Waals surface area contributed by atoms with Crippen LogP contribution < -0.4 is 10.3 Å². The lowest BCUT2D eigenvalue weighted by atomic mass is 10.1. The molecule has 130 valence electrons. The Hall–Kier alpha value is -2.19. The maximum Gasteiger partial charge on any atom is 0.270 e. The van der Waals surface area contributed by atoms with Gasteiger partial charge in [0, 0.05) is 38.3 Å². The number of benzene rings is 1. The van der Waals surface area contributed by atoms with Crippen LogP contribution in [0, 0.1) is 10.1 Å². The Labute approximate surface area is 140 Å². The number of hydrogen-bond donors (Lipinski definition) is 1. The van der Waals surface area contributed by atoms with Crippen LogP contribution in [0.2, 0.25) is 0 Å². The molecule has 0 radical (unpaired) electrons. The minimum Gasteiger partial charge on any atom is -0.378 e. The summed E-state index contributed by atoms with van der Waals surface area (Å²) in [5, 5.41) is 13.0. The maximum atomic E-state index is 12.7. The normalized spacial score (nSPS) is 19.1. The van der Waals surface area contributed by atoms with Crippen LogP contribution in [-0.2, 0) is 4.74 Å². The molecule has 1 aromatic rings. The average Bonchev–Trinajstić information content (AvgIpc) is 2.62. The van der Waals surface area contributed by atoms with Gasteiger partial charge in [-0.15, -0.1) is 0 Å². The third-order valence-corrected chi connectivity index (χ3v) is 4.40. The molecule has 1 N–H and O–H groups in total. The zero-order valence-corrected chi connectivity index (χ0v) is 13.6. The number of morpholine rings is 1. The number of rotatable bonds is 4. The van der Waals surface area contributed by atoms with Gasteiger partial charge in [0.25, 0.3) is 11.6 Å². The van der Waals surface area contributed by atoms with Gasteiger partial charge in [-0.25, -0.2) is 5.01 Å². The molecule has 2 heterocycles. The number of carbonyl (C=O) groups is 1. The lowest BCUT2D eigenvalue weighted by Crippen LogP contribution is -2.45. The van der Waals surface area contributed by atoms with Crippen molar-refractivity contribution < 1.29 is 14.5 Å². The van der Waals surface area contributed by atoms with E-state index in [2.05, 4.69) is 5.43 Å². The Kier molecular flexibility index (Phi) is 5.27. The van der Waals surface area contributed by atoms with Gasteiger partial charge in [0.15, 0.2) is 0 Å². The summed E-state index contributed by atoms with van der Waals surface area (Å²) >= 11 is 0. The molecule has 2 fully saturated rings. The SMILES string of the molecule is O=C(NN1CCCCC1)c1cc([N+](=O)[O-])ccc1N1CCOCC1. The number of nitro groups is 1. The van der Waals surface area contributed by atoms with E-state index < -0.39 is 4.92 Å². The first kappa shape index (κ1) is 16.7. The molecule has 2 saturated heterocycles.